The van der Waals surface area contributed by atoms with E-state index in [2.05, 4.69) is 31.6 Å². The highest BCUT2D eigenvalue weighted by molar-refractivity contribution is 5.70. The van der Waals surface area contributed by atoms with Crippen molar-refractivity contribution in [2.45, 2.75) is 46.1 Å². The smallest absolute Gasteiger partial charge is 0.326 e. The van der Waals surface area contributed by atoms with Gasteiger partial charge in [0.15, 0.2) is 0 Å². The topological polar surface area (TPSA) is 67.2 Å². The lowest BCUT2D eigenvalue weighted by molar-refractivity contribution is 0.158. The standard InChI is InChI=1S/C11H23N3O/c1-7(2)9-5-4-8(3)6-10(9)13-14-11(12)15/h7-10,13H,4-6H2,1-3H3,(H3,12,14,15)/t8-,9+,10+/m1/s1. The van der Waals surface area contributed by atoms with E-state index in [0.717, 1.165) is 12.3 Å². The Hall–Kier alpha value is -0.770. The molecule has 1 aliphatic carbocycles. The van der Waals surface area contributed by atoms with E-state index in [1.54, 1.807) is 0 Å². The molecule has 0 aromatic heterocycles. The molecule has 0 saturated heterocycles. The summed E-state index contributed by atoms with van der Waals surface area (Å²) in [7, 11) is 0. The number of hydrazine groups is 1. The molecule has 2 amide bonds. The van der Waals surface area contributed by atoms with E-state index in [1.165, 1.54) is 12.8 Å². The Morgan fingerprint density at radius 1 is 1.40 bits per heavy atom. The van der Waals surface area contributed by atoms with Crippen molar-refractivity contribution in [1.82, 2.24) is 10.9 Å². The van der Waals surface area contributed by atoms with Crippen molar-refractivity contribution in [2.75, 3.05) is 0 Å². The Balaban J connectivity index is 2.50. The molecule has 4 N–H and O–H groups in total. The predicted molar refractivity (Wildman–Crippen MR) is 61.0 cm³/mol. The Kier molecular flexibility index (Phi) is 4.39. The summed E-state index contributed by atoms with van der Waals surface area (Å²) < 4.78 is 0. The van der Waals surface area contributed by atoms with Crippen molar-refractivity contribution in [1.29, 1.82) is 0 Å². The maximum Gasteiger partial charge on any atom is 0.326 e. The molecule has 0 aromatic rings. The van der Waals surface area contributed by atoms with Gasteiger partial charge in [-0.15, -0.1) is 0 Å². The van der Waals surface area contributed by atoms with Gasteiger partial charge in [-0.2, -0.15) is 0 Å². The van der Waals surface area contributed by atoms with Crippen LogP contribution in [-0.2, 0) is 0 Å². The number of nitrogens with one attached hydrogen (secondary N) is 2. The summed E-state index contributed by atoms with van der Waals surface area (Å²) in [5, 5.41) is 0. The number of urea groups is 1. The minimum Gasteiger partial charge on any atom is -0.351 e. The zero-order chi connectivity index (χ0) is 11.4. The van der Waals surface area contributed by atoms with Crippen LogP contribution >= 0.6 is 0 Å². The molecule has 0 bridgehead atoms. The van der Waals surface area contributed by atoms with Gasteiger partial charge in [0.25, 0.3) is 0 Å². The van der Waals surface area contributed by atoms with E-state index in [1.807, 2.05) is 0 Å². The van der Waals surface area contributed by atoms with E-state index in [-0.39, 0.29) is 0 Å². The van der Waals surface area contributed by atoms with E-state index < -0.39 is 6.03 Å². The van der Waals surface area contributed by atoms with Crippen molar-refractivity contribution in [2.24, 2.45) is 23.5 Å². The van der Waals surface area contributed by atoms with Crippen molar-refractivity contribution < 1.29 is 4.79 Å². The van der Waals surface area contributed by atoms with E-state index in [9.17, 15) is 4.79 Å². The van der Waals surface area contributed by atoms with Crippen molar-refractivity contribution in [3.05, 3.63) is 0 Å². The summed E-state index contributed by atoms with van der Waals surface area (Å²) in [6.45, 7) is 6.73. The molecule has 4 nitrogen and oxygen atoms in total. The molecule has 0 aliphatic heterocycles. The fraction of sp³-hybridized carbons (Fsp3) is 0.909. The van der Waals surface area contributed by atoms with E-state index >= 15 is 0 Å². The molecule has 1 saturated carbocycles. The second kappa shape index (κ2) is 5.35. The molecule has 15 heavy (non-hydrogen) atoms. The van der Waals surface area contributed by atoms with Gasteiger partial charge in [-0.05, 0) is 30.6 Å². The van der Waals surface area contributed by atoms with Gasteiger partial charge < -0.3 is 5.73 Å². The summed E-state index contributed by atoms with van der Waals surface area (Å²) in [6, 6.07) is -0.142. The third-order valence-corrected chi connectivity index (χ3v) is 3.40. The number of primary amides is 1. The monoisotopic (exact) mass is 213 g/mol. The lowest BCUT2D eigenvalue weighted by Crippen LogP contribution is -2.52. The van der Waals surface area contributed by atoms with Gasteiger partial charge >= 0.3 is 6.03 Å². The minimum absolute atomic E-state index is 0.362. The van der Waals surface area contributed by atoms with Crippen LogP contribution in [-0.4, -0.2) is 12.1 Å². The zero-order valence-electron chi connectivity index (χ0n) is 9.92. The summed E-state index contributed by atoms with van der Waals surface area (Å²) in [5.41, 5.74) is 10.6. The summed E-state index contributed by atoms with van der Waals surface area (Å²) in [4.78, 5) is 10.6. The Bertz CT molecular complexity index is 218. The van der Waals surface area contributed by atoms with Crippen molar-refractivity contribution in [3.63, 3.8) is 0 Å². The van der Waals surface area contributed by atoms with Crippen LogP contribution in [0.15, 0.2) is 0 Å². The molecule has 1 aliphatic rings. The molecule has 0 spiro atoms. The van der Waals surface area contributed by atoms with Gasteiger partial charge in [0, 0.05) is 6.04 Å². The van der Waals surface area contributed by atoms with Gasteiger partial charge in [0.1, 0.15) is 0 Å². The molecule has 0 aromatic carbocycles. The second-order valence-electron chi connectivity index (χ2n) is 5.07. The molecule has 1 rings (SSSR count). The molecule has 0 unspecified atom stereocenters. The largest absolute Gasteiger partial charge is 0.351 e. The summed E-state index contributed by atoms with van der Waals surface area (Å²) in [5.74, 6) is 2.00. The van der Waals surface area contributed by atoms with Crippen LogP contribution in [0.4, 0.5) is 4.79 Å². The molecule has 3 atom stereocenters. The Morgan fingerprint density at radius 2 is 2.07 bits per heavy atom. The van der Waals surface area contributed by atoms with Gasteiger partial charge in [0.2, 0.25) is 0 Å². The van der Waals surface area contributed by atoms with Crippen molar-refractivity contribution in [3.8, 4) is 0 Å². The molecule has 0 heterocycles. The first-order chi connectivity index (χ1) is 7.00. The number of hydrogen-bond donors (Lipinski definition) is 3. The fourth-order valence-corrected chi connectivity index (χ4v) is 2.53. The van der Waals surface area contributed by atoms with Crippen molar-refractivity contribution >= 4 is 6.03 Å². The first-order valence-corrected chi connectivity index (χ1v) is 5.81. The molecular formula is C11H23N3O. The molecule has 0 radical (unpaired) electrons. The second-order valence-corrected chi connectivity index (χ2v) is 5.07. The average molecular weight is 213 g/mol. The van der Waals surface area contributed by atoms with Gasteiger partial charge in [0.05, 0.1) is 0 Å². The summed E-state index contributed by atoms with van der Waals surface area (Å²) >= 11 is 0. The third kappa shape index (κ3) is 3.70. The van der Waals surface area contributed by atoms with E-state index in [4.69, 9.17) is 5.73 Å². The fourth-order valence-electron chi connectivity index (χ4n) is 2.53. The number of rotatable bonds is 3. The average Bonchev–Trinajstić information content (AvgIpc) is 2.14. The highest BCUT2D eigenvalue weighted by atomic mass is 16.2. The van der Waals surface area contributed by atoms with Crippen LogP contribution in [0.1, 0.15) is 40.0 Å². The van der Waals surface area contributed by atoms with Crippen LogP contribution in [0, 0.1) is 17.8 Å². The third-order valence-electron chi connectivity index (χ3n) is 3.40. The lowest BCUT2D eigenvalue weighted by Gasteiger charge is -2.37. The number of hydrogen-bond acceptors (Lipinski definition) is 2. The highest BCUT2D eigenvalue weighted by Crippen LogP contribution is 2.33. The number of carbonyl (C=O) groups is 1. The molecule has 1 fully saturated rings. The van der Waals surface area contributed by atoms with Crippen LogP contribution in [0.25, 0.3) is 0 Å². The summed E-state index contributed by atoms with van der Waals surface area (Å²) in [6.07, 6.45) is 3.64. The molecular weight excluding hydrogens is 190 g/mol. The van der Waals surface area contributed by atoms with Crippen LogP contribution < -0.4 is 16.6 Å². The molecule has 4 heteroatoms. The molecule has 88 valence electrons. The maximum absolute atomic E-state index is 10.6. The van der Waals surface area contributed by atoms with Gasteiger partial charge in [-0.3, -0.25) is 5.43 Å². The number of nitrogens with two attached hydrogens (primary N) is 1. The van der Waals surface area contributed by atoms with Crippen LogP contribution in [0.2, 0.25) is 0 Å². The van der Waals surface area contributed by atoms with E-state index in [0.29, 0.717) is 17.9 Å². The maximum atomic E-state index is 10.6. The highest BCUT2D eigenvalue weighted by Gasteiger charge is 2.30. The van der Waals surface area contributed by atoms with Gasteiger partial charge in [-0.1, -0.05) is 27.2 Å². The Morgan fingerprint density at radius 3 is 2.60 bits per heavy atom. The minimum atomic E-state index is -0.504. The zero-order valence-corrected chi connectivity index (χ0v) is 9.92. The van der Waals surface area contributed by atoms with Crippen LogP contribution in [0.5, 0.6) is 0 Å². The number of amides is 2. The van der Waals surface area contributed by atoms with Gasteiger partial charge in [-0.25, -0.2) is 10.2 Å². The lowest BCUT2D eigenvalue weighted by atomic mass is 9.74. The SMILES string of the molecule is CC(C)[C@@H]1CC[C@@H](C)C[C@@H]1NNC(N)=O. The first kappa shape index (κ1) is 12.3. The normalized spacial score (nSPS) is 31.6. The predicted octanol–water partition coefficient (Wildman–Crippen LogP) is 1.62. The number of carbonyl (C=O) groups excluding carboxylic acids is 1. The quantitative estimate of drug-likeness (QED) is 0.624. The van der Waals surface area contributed by atoms with Crippen LogP contribution in [0.3, 0.4) is 0 Å². The Labute approximate surface area is 92.0 Å². The first-order valence-electron chi connectivity index (χ1n) is 5.81.